The normalized spacial score (nSPS) is 39.3. The number of oxime groups is 1. The smallest absolute Gasteiger partial charge is 0.234 e. The molecule has 18 heavy (non-hydrogen) atoms. The number of nitrogens with one attached hydrogen (secondary N) is 1. The van der Waals surface area contributed by atoms with Gasteiger partial charge in [-0.3, -0.25) is 9.59 Å². The third kappa shape index (κ3) is 1.06. The minimum absolute atomic E-state index is 0.157. The molecule has 5 heteroatoms. The molecule has 0 radical (unpaired) electrons. The van der Waals surface area contributed by atoms with E-state index in [4.69, 9.17) is 5.21 Å². The van der Waals surface area contributed by atoms with Gasteiger partial charge in [0.2, 0.25) is 5.91 Å². The summed E-state index contributed by atoms with van der Waals surface area (Å²) in [7, 11) is 0. The maximum atomic E-state index is 12.5. The summed E-state index contributed by atoms with van der Waals surface area (Å²) < 4.78 is 0. The molecule has 2 fully saturated rings. The Morgan fingerprint density at radius 2 is 2.00 bits per heavy atom. The van der Waals surface area contributed by atoms with Crippen molar-refractivity contribution in [1.29, 1.82) is 0 Å². The summed E-state index contributed by atoms with van der Waals surface area (Å²) in [5.74, 6) is -0.544. The Hall–Kier alpha value is -1.39. The molecule has 2 saturated carbocycles. The molecule has 0 saturated heterocycles. The molecule has 100 valence electrons. The molecule has 2 aliphatic carbocycles. The molecular weight excluding hydrogens is 232 g/mol. The fraction of sp³-hybridized carbons (Fsp3) is 0.769. The van der Waals surface area contributed by atoms with E-state index in [2.05, 4.69) is 10.5 Å². The Balaban J connectivity index is 2.62. The van der Waals surface area contributed by atoms with Crippen LogP contribution in [-0.4, -0.2) is 29.2 Å². The summed E-state index contributed by atoms with van der Waals surface area (Å²) in [5.41, 5.74) is -1.97. The van der Waals surface area contributed by atoms with Gasteiger partial charge >= 0.3 is 0 Å². The number of carbonyl (C=O) groups is 2. The summed E-state index contributed by atoms with van der Waals surface area (Å²) in [5, 5.41) is 15.1. The highest BCUT2D eigenvalue weighted by atomic mass is 16.4. The Kier molecular flexibility index (Phi) is 2.58. The standard InChI is InChI=1S/C13H20N2O3/c1-5-14-10(17)13-7-6-12(4,11(13,2)3)8(15-18)9(13)16/h18H,5-7H2,1-4H3,(H,14,17). The minimum Gasteiger partial charge on any atom is -0.411 e. The summed E-state index contributed by atoms with van der Waals surface area (Å²) in [6.45, 7) is 8.08. The van der Waals surface area contributed by atoms with E-state index in [1.54, 1.807) is 0 Å². The largest absolute Gasteiger partial charge is 0.411 e. The number of carbonyl (C=O) groups excluding carboxylic acids is 2. The van der Waals surface area contributed by atoms with Gasteiger partial charge in [-0.2, -0.15) is 0 Å². The van der Waals surface area contributed by atoms with E-state index in [0.717, 1.165) is 0 Å². The van der Waals surface area contributed by atoms with Crippen LogP contribution in [0, 0.1) is 16.2 Å². The Morgan fingerprint density at radius 3 is 2.44 bits per heavy atom. The lowest BCUT2D eigenvalue weighted by atomic mass is 9.64. The lowest BCUT2D eigenvalue weighted by Gasteiger charge is -2.37. The molecular formula is C13H20N2O3. The predicted octanol–water partition coefficient (Wildman–Crippen LogP) is 1.35. The molecule has 2 bridgehead atoms. The monoisotopic (exact) mass is 252 g/mol. The SMILES string of the molecule is CCNC(=O)C12CCC(C)(C(=NO)C1=O)C2(C)C. The molecule has 0 aromatic heterocycles. The highest BCUT2D eigenvalue weighted by Gasteiger charge is 2.76. The second-order valence-corrected chi connectivity index (χ2v) is 6.00. The number of ketones is 1. The van der Waals surface area contributed by atoms with Crippen molar-refractivity contribution in [2.75, 3.05) is 6.54 Å². The lowest BCUT2D eigenvalue weighted by Crippen LogP contribution is -2.50. The van der Waals surface area contributed by atoms with Crippen molar-refractivity contribution in [1.82, 2.24) is 5.32 Å². The molecule has 2 atom stereocenters. The number of fused-ring (bicyclic) bond motifs is 2. The van der Waals surface area contributed by atoms with Gasteiger partial charge < -0.3 is 10.5 Å². The van der Waals surface area contributed by atoms with Crippen molar-refractivity contribution in [2.45, 2.75) is 40.5 Å². The zero-order valence-corrected chi connectivity index (χ0v) is 11.3. The molecule has 2 N–H and O–H groups in total. The van der Waals surface area contributed by atoms with Crippen LogP contribution < -0.4 is 5.32 Å². The van der Waals surface area contributed by atoms with Gasteiger partial charge in [0.25, 0.3) is 0 Å². The third-order valence-electron chi connectivity index (χ3n) is 5.40. The average molecular weight is 252 g/mol. The van der Waals surface area contributed by atoms with Gasteiger partial charge in [0, 0.05) is 12.0 Å². The van der Waals surface area contributed by atoms with Gasteiger partial charge in [-0.25, -0.2) is 0 Å². The van der Waals surface area contributed by atoms with Crippen LogP contribution in [0.2, 0.25) is 0 Å². The molecule has 0 aromatic rings. The fourth-order valence-corrected chi connectivity index (χ4v) is 3.77. The molecule has 2 unspecified atom stereocenters. The number of hydrogen-bond donors (Lipinski definition) is 2. The number of nitrogens with zero attached hydrogens (tertiary/aromatic N) is 1. The number of amides is 1. The van der Waals surface area contributed by atoms with E-state index in [9.17, 15) is 9.59 Å². The van der Waals surface area contributed by atoms with Gasteiger partial charge in [-0.15, -0.1) is 0 Å². The molecule has 0 aliphatic heterocycles. The van der Waals surface area contributed by atoms with E-state index < -0.39 is 16.2 Å². The van der Waals surface area contributed by atoms with Gasteiger partial charge in [0.15, 0.2) is 5.78 Å². The van der Waals surface area contributed by atoms with Crippen LogP contribution in [0.3, 0.4) is 0 Å². The zero-order chi connectivity index (χ0) is 13.8. The average Bonchev–Trinajstić information content (AvgIpc) is 2.56. The predicted molar refractivity (Wildman–Crippen MR) is 66.5 cm³/mol. The Labute approximate surface area is 107 Å². The molecule has 0 aromatic carbocycles. The highest BCUT2D eigenvalue weighted by Crippen LogP contribution is 2.69. The van der Waals surface area contributed by atoms with Gasteiger partial charge in [0.1, 0.15) is 11.1 Å². The van der Waals surface area contributed by atoms with Crippen molar-refractivity contribution in [3.63, 3.8) is 0 Å². The number of rotatable bonds is 2. The quantitative estimate of drug-likeness (QED) is 0.442. The van der Waals surface area contributed by atoms with Crippen LogP contribution in [0.5, 0.6) is 0 Å². The van der Waals surface area contributed by atoms with Crippen LogP contribution in [0.25, 0.3) is 0 Å². The second-order valence-electron chi connectivity index (χ2n) is 6.00. The van der Waals surface area contributed by atoms with Gasteiger partial charge in [0.05, 0.1) is 0 Å². The topological polar surface area (TPSA) is 78.8 Å². The molecule has 0 spiro atoms. The fourth-order valence-electron chi connectivity index (χ4n) is 3.77. The first-order chi connectivity index (χ1) is 8.29. The van der Waals surface area contributed by atoms with E-state index in [0.29, 0.717) is 19.4 Å². The number of hydrogen-bond acceptors (Lipinski definition) is 4. The summed E-state index contributed by atoms with van der Waals surface area (Å²) in [6.07, 6.45) is 1.22. The molecule has 0 heterocycles. The van der Waals surface area contributed by atoms with E-state index in [1.165, 1.54) is 0 Å². The van der Waals surface area contributed by atoms with Gasteiger partial charge in [-0.05, 0) is 25.2 Å². The lowest BCUT2D eigenvalue weighted by molar-refractivity contribution is -0.143. The molecule has 1 amide bonds. The summed E-state index contributed by atoms with van der Waals surface area (Å²) >= 11 is 0. The first-order valence-corrected chi connectivity index (χ1v) is 6.35. The van der Waals surface area contributed by atoms with E-state index in [-0.39, 0.29) is 17.4 Å². The first kappa shape index (κ1) is 13.1. The maximum absolute atomic E-state index is 12.5. The van der Waals surface area contributed by atoms with Crippen LogP contribution >= 0.6 is 0 Å². The molecule has 2 aliphatic rings. The maximum Gasteiger partial charge on any atom is 0.234 e. The van der Waals surface area contributed by atoms with Gasteiger partial charge in [-0.1, -0.05) is 25.9 Å². The van der Waals surface area contributed by atoms with Crippen LogP contribution in [0.4, 0.5) is 0 Å². The van der Waals surface area contributed by atoms with Crippen molar-refractivity contribution in [2.24, 2.45) is 21.4 Å². The van der Waals surface area contributed by atoms with E-state index >= 15 is 0 Å². The third-order valence-corrected chi connectivity index (χ3v) is 5.40. The zero-order valence-electron chi connectivity index (χ0n) is 11.3. The van der Waals surface area contributed by atoms with Crippen LogP contribution in [0.1, 0.15) is 40.5 Å². The Bertz CT molecular complexity index is 455. The minimum atomic E-state index is -1.07. The number of Topliss-reactive ketones (excluding diaryl/α,β-unsaturated/α-hetero) is 1. The van der Waals surface area contributed by atoms with Crippen molar-refractivity contribution in [3.8, 4) is 0 Å². The summed E-state index contributed by atoms with van der Waals surface area (Å²) in [6, 6.07) is 0. The summed E-state index contributed by atoms with van der Waals surface area (Å²) in [4.78, 5) is 24.9. The van der Waals surface area contributed by atoms with Crippen LogP contribution in [0.15, 0.2) is 5.16 Å². The van der Waals surface area contributed by atoms with E-state index in [1.807, 2.05) is 27.7 Å². The highest BCUT2D eigenvalue weighted by molar-refractivity contribution is 6.50. The molecule has 5 nitrogen and oxygen atoms in total. The second kappa shape index (κ2) is 3.56. The van der Waals surface area contributed by atoms with Crippen molar-refractivity contribution in [3.05, 3.63) is 0 Å². The van der Waals surface area contributed by atoms with Crippen molar-refractivity contribution < 1.29 is 14.8 Å². The van der Waals surface area contributed by atoms with Crippen molar-refractivity contribution >= 4 is 17.4 Å². The van der Waals surface area contributed by atoms with Crippen LogP contribution in [-0.2, 0) is 9.59 Å². The molecule has 2 rings (SSSR count). The Morgan fingerprint density at radius 1 is 1.39 bits per heavy atom. The first-order valence-electron chi connectivity index (χ1n) is 6.35.